The number of hydrogen-bond acceptors (Lipinski definition) is 4. The van der Waals surface area contributed by atoms with Crippen molar-refractivity contribution in [1.29, 1.82) is 0 Å². The maximum atomic E-state index is 13.1. The van der Waals surface area contributed by atoms with E-state index in [1.54, 1.807) is 30.3 Å². The average Bonchev–Trinajstić information content (AvgIpc) is 3.34. The number of carbonyl (C=O) groups excluding carboxylic acids is 3. The minimum Gasteiger partial charge on any atom is -0.459 e. The maximum Gasteiger partial charge on any atom is 0.291 e. The van der Waals surface area contributed by atoms with Gasteiger partial charge in [0, 0.05) is 5.69 Å². The molecule has 3 amide bonds. The van der Waals surface area contributed by atoms with Gasteiger partial charge >= 0.3 is 0 Å². The van der Waals surface area contributed by atoms with Crippen LogP contribution in [0.2, 0.25) is 0 Å². The minimum atomic E-state index is -0.748. The number of benzene rings is 2. The highest BCUT2D eigenvalue weighted by Gasteiger charge is 2.27. The summed E-state index contributed by atoms with van der Waals surface area (Å²) in [6.07, 6.45) is 2.10. The first kappa shape index (κ1) is 22.8. The van der Waals surface area contributed by atoms with Gasteiger partial charge in [0.15, 0.2) is 5.76 Å². The molecule has 32 heavy (non-hydrogen) atoms. The van der Waals surface area contributed by atoms with Crippen LogP contribution in [-0.4, -0.2) is 23.8 Å². The number of carbonyl (C=O) groups is 3. The second kappa shape index (κ2) is 10.4. The van der Waals surface area contributed by atoms with Crippen molar-refractivity contribution in [2.45, 2.75) is 33.2 Å². The van der Waals surface area contributed by atoms with E-state index in [1.165, 1.54) is 12.3 Å². The minimum absolute atomic E-state index is 0.103. The van der Waals surface area contributed by atoms with Crippen molar-refractivity contribution in [2.75, 3.05) is 10.6 Å². The molecule has 0 spiro atoms. The summed E-state index contributed by atoms with van der Waals surface area (Å²) in [6, 6.07) is 16.5. The molecule has 1 heterocycles. The standard InChI is InChI=1S/C25H27N3O4/c1-4-17(3)22(25(31)26-18-13-11-16(2)12-14-18)28-23(29)19-8-5-6-9-20(19)27-24(30)21-10-7-15-32-21/h5-15,17,22H,4H2,1-3H3,(H,26,31)(H,27,30)(H,28,29)/t17-,22-/m0/s1. The molecule has 0 unspecified atom stereocenters. The summed E-state index contributed by atoms with van der Waals surface area (Å²) in [5.74, 6) is -1.19. The summed E-state index contributed by atoms with van der Waals surface area (Å²) in [7, 11) is 0. The number of nitrogens with one attached hydrogen (secondary N) is 3. The first-order valence-corrected chi connectivity index (χ1v) is 10.5. The average molecular weight is 434 g/mol. The van der Waals surface area contributed by atoms with E-state index in [0.717, 1.165) is 5.56 Å². The fraction of sp³-hybridized carbons (Fsp3) is 0.240. The van der Waals surface area contributed by atoms with Crippen molar-refractivity contribution in [2.24, 2.45) is 5.92 Å². The molecular weight excluding hydrogens is 406 g/mol. The predicted molar refractivity (Wildman–Crippen MR) is 124 cm³/mol. The normalized spacial score (nSPS) is 12.5. The zero-order valence-electron chi connectivity index (χ0n) is 18.3. The van der Waals surface area contributed by atoms with Gasteiger partial charge in [0.05, 0.1) is 17.5 Å². The topological polar surface area (TPSA) is 100 Å². The molecule has 0 saturated heterocycles. The van der Waals surface area contributed by atoms with Crippen LogP contribution in [0.25, 0.3) is 0 Å². The van der Waals surface area contributed by atoms with Crippen LogP contribution in [0.5, 0.6) is 0 Å². The fourth-order valence-electron chi connectivity index (χ4n) is 3.16. The summed E-state index contributed by atoms with van der Waals surface area (Å²) in [4.78, 5) is 38.4. The van der Waals surface area contributed by atoms with Gasteiger partial charge in [-0.15, -0.1) is 0 Å². The molecule has 1 aromatic heterocycles. The summed E-state index contributed by atoms with van der Waals surface area (Å²) < 4.78 is 5.11. The number of para-hydroxylation sites is 1. The lowest BCUT2D eigenvalue weighted by atomic mass is 9.97. The van der Waals surface area contributed by atoms with Crippen LogP contribution in [0.3, 0.4) is 0 Å². The summed E-state index contributed by atoms with van der Waals surface area (Å²) in [5.41, 5.74) is 2.33. The Hall–Kier alpha value is -3.87. The van der Waals surface area contributed by atoms with Crippen molar-refractivity contribution >= 4 is 29.1 Å². The quantitative estimate of drug-likeness (QED) is 0.482. The van der Waals surface area contributed by atoms with Gasteiger partial charge in [0.1, 0.15) is 6.04 Å². The van der Waals surface area contributed by atoms with E-state index in [4.69, 9.17) is 4.42 Å². The monoisotopic (exact) mass is 433 g/mol. The highest BCUT2D eigenvalue weighted by atomic mass is 16.3. The Labute approximate surface area is 187 Å². The lowest BCUT2D eigenvalue weighted by Crippen LogP contribution is -2.47. The molecule has 0 bridgehead atoms. The molecule has 0 radical (unpaired) electrons. The fourth-order valence-corrected chi connectivity index (χ4v) is 3.16. The molecule has 0 aliphatic heterocycles. The van der Waals surface area contributed by atoms with Crippen LogP contribution in [0.1, 0.15) is 46.7 Å². The Balaban J connectivity index is 1.77. The van der Waals surface area contributed by atoms with Gasteiger partial charge in [0.25, 0.3) is 11.8 Å². The molecular formula is C25H27N3O4. The third-order valence-corrected chi connectivity index (χ3v) is 5.27. The Morgan fingerprint density at radius 3 is 2.28 bits per heavy atom. The zero-order valence-corrected chi connectivity index (χ0v) is 18.3. The lowest BCUT2D eigenvalue weighted by Gasteiger charge is -2.24. The summed E-state index contributed by atoms with van der Waals surface area (Å²) >= 11 is 0. The number of amides is 3. The Morgan fingerprint density at radius 1 is 0.906 bits per heavy atom. The van der Waals surface area contributed by atoms with Gasteiger partial charge in [-0.2, -0.15) is 0 Å². The molecule has 3 N–H and O–H groups in total. The second-order valence-electron chi connectivity index (χ2n) is 7.67. The Morgan fingerprint density at radius 2 is 1.62 bits per heavy atom. The van der Waals surface area contributed by atoms with Gasteiger partial charge in [0.2, 0.25) is 5.91 Å². The highest BCUT2D eigenvalue weighted by Crippen LogP contribution is 2.19. The van der Waals surface area contributed by atoms with Gasteiger partial charge in [-0.05, 0) is 49.2 Å². The third-order valence-electron chi connectivity index (χ3n) is 5.27. The van der Waals surface area contributed by atoms with Crippen LogP contribution in [-0.2, 0) is 4.79 Å². The molecule has 3 rings (SSSR count). The number of aryl methyl sites for hydroxylation is 1. The van der Waals surface area contributed by atoms with E-state index in [-0.39, 0.29) is 23.1 Å². The molecule has 0 saturated carbocycles. The van der Waals surface area contributed by atoms with E-state index in [1.807, 2.05) is 45.0 Å². The Bertz CT molecular complexity index is 1070. The number of anilines is 2. The van der Waals surface area contributed by atoms with E-state index >= 15 is 0 Å². The molecule has 166 valence electrons. The molecule has 7 heteroatoms. The molecule has 0 aliphatic carbocycles. The van der Waals surface area contributed by atoms with E-state index in [9.17, 15) is 14.4 Å². The summed E-state index contributed by atoms with van der Waals surface area (Å²) in [6.45, 7) is 5.83. The maximum absolute atomic E-state index is 13.1. The third kappa shape index (κ3) is 5.63. The molecule has 3 aromatic rings. The van der Waals surface area contributed by atoms with E-state index in [2.05, 4.69) is 16.0 Å². The largest absolute Gasteiger partial charge is 0.459 e. The van der Waals surface area contributed by atoms with Gasteiger partial charge < -0.3 is 20.4 Å². The Kier molecular flexibility index (Phi) is 7.44. The zero-order chi connectivity index (χ0) is 23.1. The molecule has 7 nitrogen and oxygen atoms in total. The predicted octanol–water partition coefficient (Wildman–Crippen LogP) is 4.62. The van der Waals surface area contributed by atoms with Crippen molar-refractivity contribution in [1.82, 2.24) is 5.32 Å². The van der Waals surface area contributed by atoms with Crippen molar-refractivity contribution in [3.8, 4) is 0 Å². The van der Waals surface area contributed by atoms with Gasteiger partial charge in [-0.25, -0.2) is 0 Å². The van der Waals surface area contributed by atoms with E-state index in [0.29, 0.717) is 17.8 Å². The SMILES string of the molecule is CC[C@H](C)[C@H](NC(=O)c1ccccc1NC(=O)c1ccco1)C(=O)Nc1ccc(C)cc1. The second-order valence-corrected chi connectivity index (χ2v) is 7.67. The molecule has 0 fully saturated rings. The lowest BCUT2D eigenvalue weighted by molar-refractivity contribution is -0.119. The van der Waals surface area contributed by atoms with Gasteiger partial charge in [-0.1, -0.05) is 50.1 Å². The van der Waals surface area contributed by atoms with Crippen molar-refractivity contribution < 1.29 is 18.8 Å². The first-order chi connectivity index (χ1) is 15.4. The number of furan rings is 1. The van der Waals surface area contributed by atoms with Gasteiger partial charge in [-0.3, -0.25) is 14.4 Å². The van der Waals surface area contributed by atoms with Crippen molar-refractivity contribution in [3.63, 3.8) is 0 Å². The number of hydrogen-bond donors (Lipinski definition) is 3. The van der Waals surface area contributed by atoms with Crippen LogP contribution < -0.4 is 16.0 Å². The molecule has 2 aromatic carbocycles. The van der Waals surface area contributed by atoms with Crippen molar-refractivity contribution in [3.05, 3.63) is 83.8 Å². The van der Waals surface area contributed by atoms with Crippen LogP contribution in [0, 0.1) is 12.8 Å². The van der Waals surface area contributed by atoms with Crippen LogP contribution >= 0.6 is 0 Å². The number of rotatable bonds is 8. The smallest absolute Gasteiger partial charge is 0.291 e. The molecule has 0 aliphatic rings. The highest BCUT2D eigenvalue weighted by molar-refractivity contribution is 6.09. The van der Waals surface area contributed by atoms with Crippen LogP contribution in [0.4, 0.5) is 11.4 Å². The van der Waals surface area contributed by atoms with E-state index < -0.39 is 17.9 Å². The first-order valence-electron chi connectivity index (χ1n) is 10.5. The van der Waals surface area contributed by atoms with Crippen LogP contribution in [0.15, 0.2) is 71.3 Å². The molecule has 2 atom stereocenters. The summed E-state index contributed by atoms with van der Waals surface area (Å²) in [5, 5.41) is 8.40.